The van der Waals surface area contributed by atoms with E-state index in [4.69, 9.17) is 0 Å². The minimum atomic E-state index is -0.289. The van der Waals surface area contributed by atoms with Crippen LogP contribution in [-0.2, 0) is 17.6 Å². The van der Waals surface area contributed by atoms with Crippen LogP contribution in [0.2, 0.25) is 0 Å². The Balaban J connectivity index is 1.60. The van der Waals surface area contributed by atoms with E-state index in [9.17, 15) is 9.18 Å². The first-order valence-corrected chi connectivity index (χ1v) is 8.36. The Kier molecular flexibility index (Phi) is 3.64. The van der Waals surface area contributed by atoms with E-state index in [2.05, 4.69) is 18.2 Å². The molecule has 0 unspecified atom stereocenters. The van der Waals surface area contributed by atoms with Gasteiger partial charge in [0.05, 0.1) is 12.5 Å². The Morgan fingerprint density at radius 2 is 1.78 bits per heavy atom. The molecule has 2 aromatic carbocycles. The number of carbonyl (C=O) groups is 1. The number of fused-ring (bicyclic) bond motifs is 1. The van der Waals surface area contributed by atoms with Crippen LogP contribution in [0.4, 0.5) is 4.39 Å². The van der Waals surface area contributed by atoms with E-state index < -0.39 is 0 Å². The summed E-state index contributed by atoms with van der Waals surface area (Å²) in [5.74, 6) is -0.234. The third-order valence-corrected chi connectivity index (χ3v) is 4.96. The molecule has 1 saturated carbocycles. The van der Waals surface area contributed by atoms with Crippen molar-refractivity contribution in [2.45, 2.75) is 44.2 Å². The molecular weight excluding hydrogens is 289 g/mol. The van der Waals surface area contributed by atoms with E-state index >= 15 is 0 Å². The molecule has 2 aliphatic rings. The first-order chi connectivity index (χ1) is 11.2. The second kappa shape index (κ2) is 5.80. The minimum Gasteiger partial charge on any atom is -0.332 e. The number of aryl methyl sites for hydroxylation is 1. The lowest BCUT2D eigenvalue weighted by molar-refractivity contribution is -0.133. The predicted molar refractivity (Wildman–Crippen MR) is 87.5 cm³/mol. The molecule has 3 heteroatoms. The summed E-state index contributed by atoms with van der Waals surface area (Å²) in [4.78, 5) is 14.9. The molecule has 118 valence electrons. The van der Waals surface area contributed by atoms with Crippen LogP contribution in [-0.4, -0.2) is 16.8 Å². The van der Waals surface area contributed by atoms with Gasteiger partial charge in [0.1, 0.15) is 5.82 Å². The smallest absolute Gasteiger partial charge is 0.227 e. The Morgan fingerprint density at radius 1 is 1.04 bits per heavy atom. The number of benzene rings is 2. The zero-order valence-electron chi connectivity index (χ0n) is 13.0. The molecule has 1 amide bonds. The summed E-state index contributed by atoms with van der Waals surface area (Å²) < 4.78 is 13.9. The minimum absolute atomic E-state index is 0.0549. The summed E-state index contributed by atoms with van der Waals surface area (Å²) in [6.07, 6.45) is 4.31. The Morgan fingerprint density at radius 3 is 2.57 bits per heavy atom. The first-order valence-electron chi connectivity index (χ1n) is 8.36. The van der Waals surface area contributed by atoms with Gasteiger partial charge >= 0.3 is 0 Å². The van der Waals surface area contributed by atoms with E-state index in [-0.39, 0.29) is 24.2 Å². The molecule has 2 aromatic rings. The molecule has 0 N–H and O–H groups in total. The highest BCUT2D eigenvalue weighted by molar-refractivity contribution is 5.80. The van der Waals surface area contributed by atoms with Crippen LogP contribution in [0.1, 0.15) is 42.0 Å². The molecule has 0 radical (unpaired) electrons. The van der Waals surface area contributed by atoms with Crippen molar-refractivity contribution in [2.24, 2.45) is 0 Å². The van der Waals surface area contributed by atoms with Crippen molar-refractivity contribution in [3.05, 3.63) is 71.0 Å². The number of hydrogen-bond donors (Lipinski definition) is 0. The molecule has 0 bridgehead atoms. The van der Waals surface area contributed by atoms with Gasteiger partial charge in [-0.1, -0.05) is 42.5 Å². The van der Waals surface area contributed by atoms with Gasteiger partial charge in [-0.05, 0) is 48.4 Å². The number of nitrogens with zero attached hydrogens (tertiary/aromatic N) is 1. The summed E-state index contributed by atoms with van der Waals surface area (Å²) >= 11 is 0. The van der Waals surface area contributed by atoms with Gasteiger partial charge in [0.15, 0.2) is 0 Å². The molecular formula is C20H20FNO. The second-order valence-corrected chi connectivity index (χ2v) is 6.55. The zero-order valence-corrected chi connectivity index (χ0v) is 13.0. The van der Waals surface area contributed by atoms with Crippen LogP contribution < -0.4 is 0 Å². The topological polar surface area (TPSA) is 20.3 Å². The van der Waals surface area contributed by atoms with Crippen LogP contribution in [0.3, 0.4) is 0 Å². The summed E-state index contributed by atoms with van der Waals surface area (Å²) in [7, 11) is 0. The number of hydrogen-bond acceptors (Lipinski definition) is 1. The van der Waals surface area contributed by atoms with Crippen molar-refractivity contribution in [3.63, 3.8) is 0 Å². The van der Waals surface area contributed by atoms with Crippen molar-refractivity contribution in [1.29, 1.82) is 0 Å². The normalized spacial score (nSPS) is 19.4. The summed E-state index contributed by atoms with van der Waals surface area (Å²) in [5, 5.41) is 0. The highest BCUT2D eigenvalue weighted by Gasteiger charge is 2.40. The molecule has 0 aliphatic heterocycles. The van der Waals surface area contributed by atoms with E-state index in [1.54, 1.807) is 18.2 Å². The Hall–Kier alpha value is -2.16. The average molecular weight is 309 g/mol. The first kappa shape index (κ1) is 14.4. The maximum atomic E-state index is 13.9. The van der Waals surface area contributed by atoms with Crippen molar-refractivity contribution >= 4 is 5.91 Å². The summed E-state index contributed by atoms with van der Waals surface area (Å²) in [5.41, 5.74) is 3.12. The maximum absolute atomic E-state index is 13.9. The third-order valence-electron chi connectivity index (χ3n) is 4.96. The van der Waals surface area contributed by atoms with Gasteiger partial charge < -0.3 is 4.90 Å². The SMILES string of the molecule is O=C(Cc1ccccc1F)N(C1CC1)[C@@H]1CCc2ccccc21. The van der Waals surface area contributed by atoms with Gasteiger partial charge in [-0.3, -0.25) is 4.79 Å². The molecule has 0 aromatic heterocycles. The number of amides is 1. The van der Waals surface area contributed by atoms with Gasteiger partial charge in [-0.25, -0.2) is 4.39 Å². The van der Waals surface area contributed by atoms with Crippen molar-refractivity contribution in [1.82, 2.24) is 4.90 Å². The number of halogens is 1. The molecule has 0 heterocycles. The largest absolute Gasteiger partial charge is 0.332 e. The fraction of sp³-hybridized carbons (Fsp3) is 0.350. The van der Waals surface area contributed by atoms with Crippen molar-refractivity contribution < 1.29 is 9.18 Å². The lowest BCUT2D eigenvalue weighted by Crippen LogP contribution is -2.37. The lowest BCUT2D eigenvalue weighted by Gasteiger charge is -2.30. The molecule has 2 aliphatic carbocycles. The van der Waals surface area contributed by atoms with Gasteiger partial charge in [-0.2, -0.15) is 0 Å². The predicted octanol–water partition coefficient (Wildman–Crippen LogP) is 4.05. The molecule has 0 spiro atoms. The second-order valence-electron chi connectivity index (χ2n) is 6.55. The standard InChI is InChI=1S/C20H20FNO/c21-18-8-4-2-6-15(18)13-20(23)22(16-10-11-16)19-12-9-14-5-1-3-7-17(14)19/h1-8,16,19H,9-13H2/t19-/m1/s1. The zero-order chi connectivity index (χ0) is 15.8. The van der Waals surface area contributed by atoms with Gasteiger partial charge in [0.2, 0.25) is 5.91 Å². The van der Waals surface area contributed by atoms with Gasteiger partial charge in [0, 0.05) is 6.04 Å². The molecule has 23 heavy (non-hydrogen) atoms. The highest BCUT2D eigenvalue weighted by atomic mass is 19.1. The molecule has 2 nitrogen and oxygen atoms in total. The van der Waals surface area contributed by atoms with Crippen LogP contribution in [0.15, 0.2) is 48.5 Å². The fourth-order valence-electron chi connectivity index (χ4n) is 3.70. The number of rotatable bonds is 4. The fourth-order valence-corrected chi connectivity index (χ4v) is 3.70. The van der Waals surface area contributed by atoms with Gasteiger partial charge in [0.25, 0.3) is 0 Å². The Bertz CT molecular complexity index is 738. The molecule has 0 saturated heterocycles. The molecule has 4 rings (SSSR count). The van der Waals surface area contributed by atoms with Crippen LogP contribution in [0.5, 0.6) is 0 Å². The monoisotopic (exact) mass is 309 g/mol. The highest BCUT2D eigenvalue weighted by Crippen LogP contribution is 2.42. The number of carbonyl (C=O) groups excluding carboxylic acids is 1. The lowest BCUT2D eigenvalue weighted by atomic mass is 10.0. The third kappa shape index (κ3) is 2.76. The maximum Gasteiger partial charge on any atom is 0.227 e. The van der Waals surface area contributed by atoms with Crippen LogP contribution in [0.25, 0.3) is 0 Å². The quantitative estimate of drug-likeness (QED) is 0.834. The van der Waals surface area contributed by atoms with E-state index in [1.807, 2.05) is 11.0 Å². The summed E-state index contributed by atoms with van der Waals surface area (Å²) in [6, 6.07) is 15.5. The molecule has 1 fully saturated rings. The van der Waals surface area contributed by atoms with Crippen molar-refractivity contribution in [2.75, 3.05) is 0 Å². The van der Waals surface area contributed by atoms with Gasteiger partial charge in [-0.15, -0.1) is 0 Å². The Labute approximate surface area is 135 Å². The summed E-state index contributed by atoms with van der Waals surface area (Å²) in [6.45, 7) is 0. The van der Waals surface area contributed by atoms with E-state index in [0.717, 1.165) is 25.7 Å². The van der Waals surface area contributed by atoms with Crippen LogP contribution in [0, 0.1) is 5.82 Å². The van der Waals surface area contributed by atoms with Crippen LogP contribution >= 0.6 is 0 Å². The van der Waals surface area contributed by atoms with E-state index in [0.29, 0.717) is 11.6 Å². The molecule has 1 atom stereocenters. The van der Waals surface area contributed by atoms with E-state index in [1.165, 1.54) is 17.2 Å². The average Bonchev–Trinajstić information content (AvgIpc) is 3.30. The van der Waals surface area contributed by atoms with Crippen molar-refractivity contribution in [3.8, 4) is 0 Å².